The minimum absolute atomic E-state index is 0.0536. The molecule has 0 bridgehead atoms. The third-order valence-corrected chi connectivity index (χ3v) is 5.50. The second kappa shape index (κ2) is 9.23. The van der Waals surface area contributed by atoms with Crippen molar-refractivity contribution in [3.63, 3.8) is 0 Å². The van der Waals surface area contributed by atoms with Crippen molar-refractivity contribution >= 4 is 12.0 Å². The van der Waals surface area contributed by atoms with Gasteiger partial charge in [0.2, 0.25) is 0 Å². The predicted octanol–water partition coefficient (Wildman–Crippen LogP) is 6.28. The summed E-state index contributed by atoms with van der Waals surface area (Å²) in [6.07, 6.45) is 10.0. The average Bonchev–Trinajstić information content (AvgIpc) is 2.68. The number of carbonyl (C=O) groups excluding carboxylic acids is 1. The first-order valence-corrected chi connectivity index (χ1v) is 10.5. The van der Waals surface area contributed by atoms with Gasteiger partial charge in [-0.1, -0.05) is 75.4 Å². The van der Waals surface area contributed by atoms with Crippen LogP contribution in [0.25, 0.3) is 6.08 Å². The molecule has 0 radical (unpaired) electrons. The zero-order valence-corrected chi connectivity index (χ0v) is 17.4. The van der Waals surface area contributed by atoms with Crippen LogP contribution in [-0.4, -0.2) is 11.9 Å². The molecule has 0 atom stereocenters. The maximum absolute atomic E-state index is 12.6. The van der Waals surface area contributed by atoms with Gasteiger partial charge in [0.1, 0.15) is 0 Å². The van der Waals surface area contributed by atoms with Gasteiger partial charge >= 0.3 is 0 Å². The standard InChI is InChI=1S/C26H33NO/c1-26(2,3)18-17-20-9-13-23(14-10-20)25(28)27-24-15-11-22(12-16-24)19-21-7-5-4-6-8-21/h4-10,13-14,17-18,22,24H,11-12,15-16,19H2,1-3H3,(H,27,28). The lowest BCUT2D eigenvalue weighted by Gasteiger charge is -2.29. The van der Waals surface area contributed by atoms with E-state index in [9.17, 15) is 4.79 Å². The molecule has 0 unspecified atom stereocenters. The maximum atomic E-state index is 12.6. The Morgan fingerprint density at radius 3 is 2.21 bits per heavy atom. The van der Waals surface area contributed by atoms with E-state index in [4.69, 9.17) is 0 Å². The molecular weight excluding hydrogens is 342 g/mol. The molecule has 28 heavy (non-hydrogen) atoms. The normalized spacial score (nSPS) is 20.2. The van der Waals surface area contributed by atoms with E-state index in [-0.39, 0.29) is 11.3 Å². The van der Waals surface area contributed by atoms with Gasteiger partial charge in [-0.3, -0.25) is 4.79 Å². The number of hydrogen-bond donors (Lipinski definition) is 1. The lowest BCUT2D eigenvalue weighted by molar-refractivity contribution is 0.0922. The van der Waals surface area contributed by atoms with Gasteiger partial charge in [0.15, 0.2) is 0 Å². The summed E-state index contributed by atoms with van der Waals surface area (Å²) >= 11 is 0. The van der Waals surface area contributed by atoms with Crippen molar-refractivity contribution in [3.05, 3.63) is 77.4 Å². The van der Waals surface area contributed by atoms with E-state index < -0.39 is 0 Å². The molecule has 1 saturated carbocycles. The highest BCUT2D eigenvalue weighted by Crippen LogP contribution is 2.27. The van der Waals surface area contributed by atoms with Crippen molar-refractivity contribution in [1.29, 1.82) is 0 Å². The lowest BCUT2D eigenvalue weighted by atomic mass is 9.82. The molecule has 2 aromatic rings. The minimum Gasteiger partial charge on any atom is -0.349 e. The Hall–Kier alpha value is -2.35. The third kappa shape index (κ3) is 6.37. The van der Waals surface area contributed by atoms with Crippen molar-refractivity contribution in [2.24, 2.45) is 11.3 Å². The van der Waals surface area contributed by atoms with Crippen LogP contribution >= 0.6 is 0 Å². The zero-order chi connectivity index (χ0) is 20.0. The van der Waals surface area contributed by atoms with Gasteiger partial charge in [-0.05, 0) is 66.7 Å². The van der Waals surface area contributed by atoms with Crippen molar-refractivity contribution < 1.29 is 4.79 Å². The van der Waals surface area contributed by atoms with E-state index in [1.165, 1.54) is 18.4 Å². The zero-order valence-electron chi connectivity index (χ0n) is 17.4. The summed E-state index contributed by atoms with van der Waals surface area (Å²) in [5.74, 6) is 0.794. The summed E-state index contributed by atoms with van der Waals surface area (Å²) in [6.45, 7) is 6.54. The number of carbonyl (C=O) groups is 1. The molecule has 0 spiro atoms. The molecule has 1 aliphatic carbocycles. The summed E-state index contributed by atoms with van der Waals surface area (Å²) in [5.41, 5.74) is 3.47. The average molecular weight is 376 g/mol. The quantitative estimate of drug-likeness (QED) is 0.655. The Bertz CT molecular complexity index is 775. The Balaban J connectivity index is 1.47. The number of rotatable bonds is 5. The Labute approximate surface area is 170 Å². The molecule has 2 nitrogen and oxygen atoms in total. The molecule has 2 aromatic carbocycles. The topological polar surface area (TPSA) is 29.1 Å². The smallest absolute Gasteiger partial charge is 0.251 e. The molecule has 0 saturated heterocycles. The van der Waals surface area contributed by atoms with Crippen molar-refractivity contribution in [2.45, 2.75) is 58.9 Å². The van der Waals surface area contributed by atoms with Crippen LogP contribution in [0.1, 0.15) is 67.9 Å². The number of benzene rings is 2. The van der Waals surface area contributed by atoms with Gasteiger partial charge in [0.25, 0.3) is 5.91 Å². The minimum atomic E-state index is 0.0536. The molecule has 3 rings (SSSR count). The first kappa shape index (κ1) is 20.4. The maximum Gasteiger partial charge on any atom is 0.251 e. The third-order valence-electron chi connectivity index (χ3n) is 5.50. The molecule has 1 amide bonds. The first-order chi connectivity index (χ1) is 13.4. The summed E-state index contributed by atoms with van der Waals surface area (Å²) in [7, 11) is 0. The molecule has 2 heteroatoms. The number of allylic oxidation sites excluding steroid dienone is 1. The largest absolute Gasteiger partial charge is 0.349 e. The Morgan fingerprint density at radius 1 is 0.964 bits per heavy atom. The number of amides is 1. The van der Waals surface area contributed by atoms with Crippen molar-refractivity contribution in [2.75, 3.05) is 0 Å². The SMILES string of the molecule is CC(C)(C)C=Cc1ccc(C(=O)NC2CCC(Cc3ccccc3)CC2)cc1. The Morgan fingerprint density at radius 2 is 1.61 bits per heavy atom. The summed E-state index contributed by atoms with van der Waals surface area (Å²) in [6, 6.07) is 18.9. The second-order valence-corrected chi connectivity index (χ2v) is 9.20. The van der Waals surface area contributed by atoms with E-state index in [0.717, 1.165) is 36.3 Å². The highest BCUT2D eigenvalue weighted by molar-refractivity contribution is 5.94. The van der Waals surface area contributed by atoms with E-state index in [1.54, 1.807) is 0 Å². The molecule has 0 heterocycles. The highest BCUT2D eigenvalue weighted by atomic mass is 16.1. The van der Waals surface area contributed by atoms with Gasteiger partial charge in [-0.15, -0.1) is 0 Å². The van der Waals surface area contributed by atoms with Crippen molar-refractivity contribution in [1.82, 2.24) is 5.32 Å². The van der Waals surface area contributed by atoms with E-state index in [2.05, 4.69) is 68.6 Å². The highest BCUT2D eigenvalue weighted by Gasteiger charge is 2.23. The lowest BCUT2D eigenvalue weighted by Crippen LogP contribution is -2.37. The van der Waals surface area contributed by atoms with Gasteiger partial charge < -0.3 is 5.32 Å². The molecular formula is C26H33NO. The van der Waals surface area contributed by atoms with Gasteiger partial charge in [-0.2, -0.15) is 0 Å². The molecule has 148 valence electrons. The molecule has 1 N–H and O–H groups in total. The van der Waals surface area contributed by atoms with Crippen LogP contribution in [0.5, 0.6) is 0 Å². The summed E-state index contributed by atoms with van der Waals surface area (Å²) in [5, 5.41) is 3.24. The first-order valence-electron chi connectivity index (χ1n) is 10.5. The van der Waals surface area contributed by atoms with Crippen LogP contribution in [0.3, 0.4) is 0 Å². The number of hydrogen-bond acceptors (Lipinski definition) is 1. The van der Waals surface area contributed by atoms with Crippen LogP contribution in [0.15, 0.2) is 60.7 Å². The second-order valence-electron chi connectivity index (χ2n) is 9.20. The fraction of sp³-hybridized carbons (Fsp3) is 0.423. The van der Waals surface area contributed by atoms with Crippen LogP contribution in [0.2, 0.25) is 0 Å². The Kier molecular flexibility index (Phi) is 6.72. The van der Waals surface area contributed by atoms with E-state index in [0.29, 0.717) is 6.04 Å². The molecule has 0 aromatic heterocycles. The van der Waals surface area contributed by atoms with Gasteiger partial charge in [0.05, 0.1) is 0 Å². The van der Waals surface area contributed by atoms with Crippen LogP contribution in [-0.2, 0) is 6.42 Å². The van der Waals surface area contributed by atoms with Crippen LogP contribution in [0.4, 0.5) is 0 Å². The fourth-order valence-electron chi connectivity index (χ4n) is 3.82. The van der Waals surface area contributed by atoms with Crippen LogP contribution < -0.4 is 5.32 Å². The summed E-state index contributed by atoms with van der Waals surface area (Å²) < 4.78 is 0. The van der Waals surface area contributed by atoms with Crippen LogP contribution in [0, 0.1) is 11.3 Å². The molecule has 1 fully saturated rings. The monoisotopic (exact) mass is 375 g/mol. The van der Waals surface area contributed by atoms with E-state index in [1.807, 2.05) is 24.3 Å². The molecule has 1 aliphatic rings. The number of nitrogens with one attached hydrogen (secondary N) is 1. The fourth-order valence-corrected chi connectivity index (χ4v) is 3.82. The van der Waals surface area contributed by atoms with Gasteiger partial charge in [0, 0.05) is 11.6 Å². The molecule has 0 aliphatic heterocycles. The predicted molar refractivity (Wildman–Crippen MR) is 118 cm³/mol. The van der Waals surface area contributed by atoms with E-state index >= 15 is 0 Å². The van der Waals surface area contributed by atoms with Gasteiger partial charge in [-0.25, -0.2) is 0 Å². The summed E-state index contributed by atoms with van der Waals surface area (Å²) in [4.78, 5) is 12.6. The van der Waals surface area contributed by atoms with Crippen molar-refractivity contribution in [3.8, 4) is 0 Å².